The van der Waals surface area contributed by atoms with Gasteiger partial charge in [0.05, 0.1) is 0 Å². The number of rotatable bonds is 1. The lowest BCUT2D eigenvalue weighted by Crippen LogP contribution is -2.59. The molecule has 2 heterocycles. The molecule has 2 saturated heterocycles. The van der Waals surface area contributed by atoms with Crippen molar-refractivity contribution in [2.24, 2.45) is 10.4 Å². The minimum atomic E-state index is 0.538. The Balaban J connectivity index is 1.88. The lowest BCUT2D eigenvalue weighted by atomic mass is 9.73. The van der Waals surface area contributed by atoms with Crippen LogP contribution in [0.15, 0.2) is 17.8 Å². The van der Waals surface area contributed by atoms with Gasteiger partial charge in [0, 0.05) is 37.9 Å². The topological polar surface area (TPSA) is 24.8 Å². The van der Waals surface area contributed by atoms with Crippen LogP contribution in [0.5, 0.6) is 0 Å². The Bertz CT molecular complexity index is 246. The average molecular weight is 194 g/mol. The van der Waals surface area contributed by atoms with Gasteiger partial charge in [0.25, 0.3) is 0 Å². The summed E-state index contributed by atoms with van der Waals surface area (Å²) in [6, 6.07) is 0. The summed E-state index contributed by atoms with van der Waals surface area (Å²) in [5.74, 6) is 1.09. The van der Waals surface area contributed by atoms with Gasteiger partial charge in [-0.1, -0.05) is 6.58 Å². The van der Waals surface area contributed by atoms with Gasteiger partial charge >= 0.3 is 0 Å². The Morgan fingerprint density at radius 2 is 2.07 bits per heavy atom. The molecular weight excluding hydrogens is 176 g/mol. The van der Waals surface area contributed by atoms with E-state index in [2.05, 4.69) is 16.5 Å². The third kappa shape index (κ3) is 1.69. The maximum absolute atomic E-state index is 5.38. The molecular formula is C11H18N2O. The first kappa shape index (κ1) is 9.71. The maximum Gasteiger partial charge on any atom is 0.101 e. The van der Waals surface area contributed by atoms with E-state index in [4.69, 9.17) is 4.74 Å². The van der Waals surface area contributed by atoms with E-state index < -0.39 is 0 Å². The molecule has 2 rings (SSSR count). The number of amidine groups is 1. The highest BCUT2D eigenvalue weighted by molar-refractivity contribution is 5.81. The molecule has 0 radical (unpaired) electrons. The van der Waals surface area contributed by atoms with Crippen LogP contribution in [0.2, 0.25) is 0 Å². The molecule has 0 aromatic carbocycles. The van der Waals surface area contributed by atoms with Crippen LogP contribution in [0.1, 0.15) is 19.8 Å². The van der Waals surface area contributed by atoms with Crippen molar-refractivity contribution in [2.45, 2.75) is 19.8 Å². The first-order valence-electron chi connectivity index (χ1n) is 5.24. The molecule has 14 heavy (non-hydrogen) atoms. The molecule has 0 unspecified atom stereocenters. The maximum atomic E-state index is 5.38. The monoisotopic (exact) mass is 194 g/mol. The van der Waals surface area contributed by atoms with Crippen molar-refractivity contribution in [1.29, 1.82) is 0 Å². The van der Waals surface area contributed by atoms with E-state index >= 15 is 0 Å². The third-order valence-corrected chi connectivity index (χ3v) is 3.34. The second kappa shape index (κ2) is 3.73. The Morgan fingerprint density at radius 1 is 1.43 bits per heavy atom. The van der Waals surface area contributed by atoms with Gasteiger partial charge < -0.3 is 9.64 Å². The predicted octanol–water partition coefficient (Wildman–Crippen LogP) is 1.66. The molecule has 0 bridgehead atoms. The van der Waals surface area contributed by atoms with Gasteiger partial charge in [0.1, 0.15) is 5.84 Å². The number of aliphatic imine (C=N–C) groups is 1. The van der Waals surface area contributed by atoms with Crippen LogP contribution < -0.4 is 0 Å². The van der Waals surface area contributed by atoms with Crippen molar-refractivity contribution < 1.29 is 4.74 Å². The molecule has 0 atom stereocenters. The van der Waals surface area contributed by atoms with E-state index in [0.717, 1.165) is 32.1 Å². The molecule has 0 aliphatic carbocycles. The van der Waals surface area contributed by atoms with Gasteiger partial charge in [-0.25, -0.2) is 4.99 Å². The fraction of sp³-hybridized carbons (Fsp3) is 0.727. The van der Waals surface area contributed by atoms with Crippen LogP contribution in [0, 0.1) is 5.41 Å². The van der Waals surface area contributed by atoms with Crippen molar-refractivity contribution >= 4 is 5.84 Å². The molecule has 0 aromatic heterocycles. The predicted molar refractivity (Wildman–Crippen MR) is 57.4 cm³/mol. The van der Waals surface area contributed by atoms with E-state index in [0.29, 0.717) is 5.41 Å². The molecule has 0 amide bonds. The number of hydrogen-bond donors (Lipinski definition) is 0. The Hall–Kier alpha value is -0.830. The van der Waals surface area contributed by atoms with Crippen LogP contribution in [-0.4, -0.2) is 37.0 Å². The van der Waals surface area contributed by atoms with Crippen LogP contribution >= 0.6 is 0 Å². The summed E-state index contributed by atoms with van der Waals surface area (Å²) in [7, 11) is 0. The fourth-order valence-corrected chi connectivity index (χ4v) is 2.33. The zero-order chi connectivity index (χ0) is 10.0. The minimum Gasteiger partial charge on any atom is -0.381 e. The van der Waals surface area contributed by atoms with E-state index in [1.54, 1.807) is 6.20 Å². The van der Waals surface area contributed by atoms with Crippen molar-refractivity contribution in [3.05, 3.63) is 12.8 Å². The summed E-state index contributed by atoms with van der Waals surface area (Å²) in [4.78, 5) is 6.53. The number of ether oxygens (including phenoxy) is 1. The first-order valence-corrected chi connectivity index (χ1v) is 5.24. The van der Waals surface area contributed by atoms with Crippen LogP contribution in [-0.2, 0) is 4.74 Å². The number of likely N-dealkylation sites (tertiary alicyclic amines) is 1. The van der Waals surface area contributed by atoms with Crippen molar-refractivity contribution in [3.63, 3.8) is 0 Å². The van der Waals surface area contributed by atoms with Gasteiger partial charge in [-0.05, 0) is 19.8 Å². The Kier molecular flexibility index (Phi) is 2.59. The van der Waals surface area contributed by atoms with Crippen LogP contribution in [0.25, 0.3) is 0 Å². The van der Waals surface area contributed by atoms with Gasteiger partial charge in [0.15, 0.2) is 0 Å². The third-order valence-electron chi connectivity index (χ3n) is 3.34. The number of nitrogens with zero attached hydrogens (tertiary/aromatic N) is 2. The summed E-state index contributed by atoms with van der Waals surface area (Å²) in [6.45, 7) is 9.84. The van der Waals surface area contributed by atoms with E-state index in [9.17, 15) is 0 Å². The van der Waals surface area contributed by atoms with Crippen molar-refractivity contribution in [3.8, 4) is 0 Å². The highest BCUT2D eigenvalue weighted by Crippen LogP contribution is 2.39. The highest BCUT2D eigenvalue weighted by atomic mass is 16.5. The normalized spacial score (nSPS) is 26.1. The molecule has 0 aromatic rings. The summed E-state index contributed by atoms with van der Waals surface area (Å²) in [5.41, 5.74) is 0.538. The Morgan fingerprint density at radius 3 is 2.64 bits per heavy atom. The molecule has 2 aliphatic heterocycles. The summed E-state index contributed by atoms with van der Waals surface area (Å²) < 4.78 is 5.38. The zero-order valence-corrected chi connectivity index (χ0v) is 8.83. The molecule has 3 nitrogen and oxygen atoms in total. The van der Waals surface area contributed by atoms with Gasteiger partial charge in [-0.15, -0.1) is 0 Å². The zero-order valence-electron chi connectivity index (χ0n) is 8.83. The minimum absolute atomic E-state index is 0.538. The molecule has 1 spiro atoms. The summed E-state index contributed by atoms with van der Waals surface area (Å²) >= 11 is 0. The smallest absolute Gasteiger partial charge is 0.101 e. The second-order valence-corrected chi connectivity index (χ2v) is 4.33. The molecule has 2 aliphatic rings. The lowest BCUT2D eigenvalue weighted by molar-refractivity contribution is -0.0532. The molecule has 2 fully saturated rings. The van der Waals surface area contributed by atoms with Crippen LogP contribution in [0.3, 0.4) is 0 Å². The fourth-order valence-electron chi connectivity index (χ4n) is 2.33. The SMILES string of the molecule is C=CN=C(C)N1CC2(CCOCC2)C1. The van der Waals surface area contributed by atoms with Gasteiger partial charge in [-0.2, -0.15) is 0 Å². The standard InChI is InChI=1S/C11H18N2O/c1-3-12-10(2)13-8-11(9-13)4-6-14-7-5-11/h3H,1,4-9H2,2H3. The van der Waals surface area contributed by atoms with Crippen molar-refractivity contribution in [2.75, 3.05) is 26.3 Å². The highest BCUT2D eigenvalue weighted by Gasteiger charge is 2.44. The van der Waals surface area contributed by atoms with Gasteiger partial charge in [0.2, 0.25) is 0 Å². The van der Waals surface area contributed by atoms with Crippen LogP contribution in [0.4, 0.5) is 0 Å². The quantitative estimate of drug-likeness (QED) is 0.468. The summed E-state index contributed by atoms with van der Waals surface area (Å²) in [6.07, 6.45) is 4.04. The molecule has 3 heteroatoms. The first-order chi connectivity index (χ1) is 6.76. The van der Waals surface area contributed by atoms with E-state index in [1.807, 2.05) is 6.92 Å². The largest absolute Gasteiger partial charge is 0.381 e. The summed E-state index contributed by atoms with van der Waals surface area (Å²) in [5, 5.41) is 0. The average Bonchev–Trinajstić information content (AvgIpc) is 2.16. The lowest BCUT2D eigenvalue weighted by Gasteiger charge is -2.53. The van der Waals surface area contributed by atoms with Crippen molar-refractivity contribution in [1.82, 2.24) is 4.90 Å². The van der Waals surface area contributed by atoms with E-state index in [-0.39, 0.29) is 0 Å². The molecule has 0 N–H and O–H groups in total. The molecule has 78 valence electrons. The molecule has 0 saturated carbocycles. The second-order valence-electron chi connectivity index (χ2n) is 4.33. The number of hydrogen-bond acceptors (Lipinski definition) is 2. The Labute approximate surface area is 85.5 Å². The van der Waals surface area contributed by atoms with E-state index in [1.165, 1.54) is 12.8 Å². The van der Waals surface area contributed by atoms with Gasteiger partial charge in [-0.3, -0.25) is 0 Å².